The fourth-order valence-electron chi connectivity index (χ4n) is 8.52. The number of ketones is 2. The molecule has 8 atom stereocenters. The van der Waals surface area contributed by atoms with Crippen LogP contribution in [0.15, 0.2) is 11.6 Å². The number of ether oxygens (including phenoxy) is 1. The first-order valence-electron chi connectivity index (χ1n) is 15.2. The molecule has 0 aromatic heterocycles. The van der Waals surface area contributed by atoms with Crippen LogP contribution in [-0.4, -0.2) is 80.6 Å². The highest BCUT2D eigenvalue weighted by Gasteiger charge is 2.68. The molecule has 0 aliphatic heterocycles. The van der Waals surface area contributed by atoms with Gasteiger partial charge >= 0.3 is 5.97 Å². The van der Waals surface area contributed by atoms with Crippen molar-refractivity contribution >= 4 is 40.3 Å². The maximum absolute atomic E-state index is 13.6. The van der Waals surface area contributed by atoms with Crippen molar-refractivity contribution < 1.29 is 48.8 Å². The fraction of sp³-hybridized carbons (Fsp3) is 0.767. The van der Waals surface area contributed by atoms with Crippen LogP contribution < -0.4 is 5.32 Å². The first-order valence-corrected chi connectivity index (χ1v) is 16.1. The monoisotopic (exact) mass is 638 g/mol. The van der Waals surface area contributed by atoms with Gasteiger partial charge in [-0.05, 0) is 74.2 Å². The molecule has 3 saturated carbocycles. The van der Waals surface area contributed by atoms with Crippen molar-refractivity contribution in [3.05, 3.63) is 21.8 Å². The predicted molar refractivity (Wildman–Crippen MR) is 156 cm³/mol. The fourth-order valence-corrected chi connectivity index (χ4v) is 9.39. The third kappa shape index (κ3) is 6.57. The van der Waals surface area contributed by atoms with Crippen molar-refractivity contribution in [3.63, 3.8) is 0 Å². The van der Waals surface area contributed by atoms with E-state index in [2.05, 4.69) is 17.1 Å². The van der Waals surface area contributed by atoms with Crippen molar-refractivity contribution in [2.24, 2.45) is 28.6 Å². The highest BCUT2D eigenvalue weighted by Crippen LogP contribution is 2.67. The molecule has 0 radical (unpaired) electrons. The van der Waals surface area contributed by atoms with Gasteiger partial charge in [-0.15, -0.1) is 10.1 Å². The van der Waals surface area contributed by atoms with E-state index in [0.717, 1.165) is 30.2 Å². The molecule has 0 bridgehead atoms. The molecule has 44 heavy (non-hydrogen) atoms. The Hall–Kier alpha value is -2.84. The summed E-state index contributed by atoms with van der Waals surface area (Å²) < 4.78 is 5.27. The molecule has 13 nitrogen and oxygen atoms in total. The second-order valence-electron chi connectivity index (χ2n) is 13.1. The summed E-state index contributed by atoms with van der Waals surface area (Å²) in [5.74, 6) is -2.29. The molecular formula is C30H42N2O11S. The smallest absolute Gasteiger partial charge is 0.329 e. The SMILES string of the molecule is CC(=O)NC(CSC(=O)CCCO[N+](=O)[O-])C(=O)OCC(=O)C1(O)CCC2C3CCC4=CC(=O)CC[C@]4(C)C3[C@@H](O)C[C@@]21C. The van der Waals surface area contributed by atoms with E-state index in [9.17, 15) is 44.3 Å². The third-order valence-corrected chi connectivity index (χ3v) is 11.7. The van der Waals surface area contributed by atoms with E-state index in [1.54, 1.807) is 6.08 Å². The van der Waals surface area contributed by atoms with Crippen molar-refractivity contribution in [2.75, 3.05) is 19.0 Å². The van der Waals surface area contributed by atoms with Gasteiger partial charge in [0.2, 0.25) is 11.7 Å². The molecule has 0 spiro atoms. The van der Waals surface area contributed by atoms with Crippen LogP contribution in [0, 0.1) is 38.7 Å². The summed E-state index contributed by atoms with van der Waals surface area (Å²) in [6.07, 6.45) is 4.57. The van der Waals surface area contributed by atoms with Gasteiger partial charge in [-0.2, -0.15) is 0 Å². The summed E-state index contributed by atoms with van der Waals surface area (Å²) >= 11 is 0.740. The number of aliphatic hydroxyl groups is 2. The van der Waals surface area contributed by atoms with Crippen molar-refractivity contribution in [2.45, 2.75) is 96.3 Å². The second-order valence-corrected chi connectivity index (χ2v) is 14.2. The number of hydrogen-bond acceptors (Lipinski definition) is 12. The van der Waals surface area contributed by atoms with Gasteiger partial charge in [0, 0.05) is 30.9 Å². The molecule has 3 fully saturated rings. The molecule has 1 amide bonds. The molecule has 14 heteroatoms. The lowest BCUT2D eigenvalue weighted by Gasteiger charge is -2.60. The minimum Gasteiger partial charge on any atom is -0.456 e. The molecular weight excluding hydrogens is 596 g/mol. The number of aliphatic hydroxyl groups excluding tert-OH is 1. The number of allylic oxidation sites excluding steroid dienone is 1. The van der Waals surface area contributed by atoms with Gasteiger partial charge in [0.15, 0.2) is 17.5 Å². The Bertz CT molecular complexity index is 1240. The highest BCUT2D eigenvalue weighted by atomic mass is 32.2. The molecule has 0 heterocycles. The number of fused-ring (bicyclic) bond motifs is 5. The minimum atomic E-state index is -1.83. The summed E-state index contributed by atoms with van der Waals surface area (Å²) in [7, 11) is 0. The van der Waals surface area contributed by atoms with Crippen LogP contribution in [0.25, 0.3) is 0 Å². The summed E-state index contributed by atoms with van der Waals surface area (Å²) in [5.41, 5.74) is -1.99. The first kappa shape index (κ1) is 34.0. The molecule has 4 aliphatic carbocycles. The van der Waals surface area contributed by atoms with Crippen LogP contribution in [0.2, 0.25) is 0 Å². The zero-order chi connectivity index (χ0) is 32.4. The van der Waals surface area contributed by atoms with E-state index in [-0.39, 0.29) is 72.1 Å². The third-order valence-electron chi connectivity index (χ3n) is 10.7. The van der Waals surface area contributed by atoms with Gasteiger partial charge in [-0.25, -0.2) is 4.79 Å². The molecule has 244 valence electrons. The van der Waals surface area contributed by atoms with Crippen LogP contribution in [0.3, 0.4) is 0 Å². The Balaban J connectivity index is 1.39. The predicted octanol–water partition coefficient (Wildman–Crippen LogP) is 2.09. The minimum absolute atomic E-state index is 0.0400. The maximum atomic E-state index is 13.6. The van der Waals surface area contributed by atoms with Crippen molar-refractivity contribution in [3.8, 4) is 0 Å². The standard InChI is InChI=1S/C30H42N2O11S/c1-17(33)31-22(16-44-25(37)5-4-12-43-32(40)41)27(38)42-15-24(36)30(39)11-9-21-20-7-6-18-13-19(34)8-10-28(18,2)26(20)23(35)14-29(21,30)3/h13,20-23,26,35,39H,4-12,14-16H2,1-3H3,(H,31,33)/t20?,21?,22?,23-,26?,28-,29-,30?/m0/s1. The summed E-state index contributed by atoms with van der Waals surface area (Å²) in [5, 5.41) is 34.7. The Morgan fingerprint density at radius 3 is 2.61 bits per heavy atom. The van der Waals surface area contributed by atoms with Crippen LogP contribution in [0.4, 0.5) is 0 Å². The number of amides is 1. The van der Waals surface area contributed by atoms with E-state index < -0.39 is 52.5 Å². The number of esters is 1. The van der Waals surface area contributed by atoms with Crippen molar-refractivity contribution in [1.82, 2.24) is 5.32 Å². The molecule has 4 rings (SSSR count). The van der Waals surface area contributed by atoms with E-state index >= 15 is 0 Å². The van der Waals surface area contributed by atoms with E-state index in [0.29, 0.717) is 19.3 Å². The second kappa shape index (κ2) is 13.3. The molecule has 0 aromatic rings. The Kier molecular flexibility index (Phi) is 10.3. The summed E-state index contributed by atoms with van der Waals surface area (Å²) in [6, 6.07) is -1.24. The zero-order valence-corrected chi connectivity index (χ0v) is 26.2. The van der Waals surface area contributed by atoms with E-state index in [1.807, 2.05) is 6.92 Å². The highest BCUT2D eigenvalue weighted by molar-refractivity contribution is 8.13. The number of Topliss-reactive ketones (excluding diaryl/α,β-unsaturated/α-hetero) is 1. The molecule has 0 aromatic carbocycles. The van der Waals surface area contributed by atoms with Gasteiger partial charge in [-0.1, -0.05) is 31.2 Å². The van der Waals surface area contributed by atoms with Gasteiger partial charge in [0.1, 0.15) is 11.6 Å². The lowest BCUT2D eigenvalue weighted by Crippen LogP contribution is -2.62. The molecule has 0 saturated heterocycles. The van der Waals surface area contributed by atoms with Crippen LogP contribution in [0.5, 0.6) is 0 Å². The lowest BCUT2D eigenvalue weighted by atomic mass is 9.45. The number of carbonyl (C=O) groups excluding carboxylic acids is 5. The average molecular weight is 639 g/mol. The van der Waals surface area contributed by atoms with E-state index in [1.165, 1.54) is 6.92 Å². The van der Waals surface area contributed by atoms with Gasteiger partial charge in [0.05, 0.1) is 12.7 Å². The number of nitrogens with zero attached hydrogens (tertiary/aromatic N) is 1. The number of nitrogens with one attached hydrogen (secondary N) is 1. The normalized spacial score (nSPS) is 34.8. The Morgan fingerprint density at radius 1 is 1.20 bits per heavy atom. The van der Waals surface area contributed by atoms with Crippen molar-refractivity contribution in [1.29, 1.82) is 0 Å². The van der Waals surface area contributed by atoms with Crippen LogP contribution in [0.1, 0.15) is 78.6 Å². The van der Waals surface area contributed by atoms with Gasteiger partial charge < -0.3 is 25.1 Å². The molecule has 3 N–H and O–H groups in total. The first-order chi connectivity index (χ1) is 20.6. The largest absolute Gasteiger partial charge is 0.456 e. The lowest BCUT2D eigenvalue weighted by molar-refractivity contribution is -0.757. The maximum Gasteiger partial charge on any atom is 0.329 e. The molecule has 5 unspecified atom stereocenters. The summed E-state index contributed by atoms with van der Waals surface area (Å²) in [6.45, 7) is 4.16. The Morgan fingerprint density at radius 2 is 1.93 bits per heavy atom. The van der Waals surface area contributed by atoms with Gasteiger partial charge in [-0.3, -0.25) is 19.2 Å². The Labute approximate surface area is 260 Å². The number of rotatable bonds is 12. The van der Waals surface area contributed by atoms with Crippen LogP contribution in [-0.2, 0) is 33.5 Å². The number of hydrogen-bond donors (Lipinski definition) is 3. The van der Waals surface area contributed by atoms with Gasteiger partial charge in [0.25, 0.3) is 5.09 Å². The number of thioether (sulfide) groups is 1. The zero-order valence-electron chi connectivity index (χ0n) is 25.4. The van der Waals surface area contributed by atoms with Crippen LogP contribution >= 0.6 is 11.8 Å². The number of carbonyl (C=O) groups is 5. The summed E-state index contributed by atoms with van der Waals surface area (Å²) in [4.78, 5) is 76.8. The molecule has 4 aliphatic rings. The quantitative estimate of drug-likeness (QED) is 0.122. The van der Waals surface area contributed by atoms with E-state index in [4.69, 9.17) is 4.74 Å². The average Bonchev–Trinajstić information content (AvgIpc) is 3.22. The topological polar surface area (TPSA) is 199 Å².